The molecule has 0 bridgehead atoms. The van der Waals surface area contributed by atoms with Crippen molar-refractivity contribution in [3.63, 3.8) is 0 Å². The van der Waals surface area contributed by atoms with Crippen molar-refractivity contribution >= 4 is 5.91 Å². The second-order valence-electron chi connectivity index (χ2n) is 6.06. The molecule has 1 amide bonds. The minimum atomic E-state index is -0.403. The van der Waals surface area contributed by atoms with E-state index in [0.29, 0.717) is 23.8 Å². The number of carbonyl (C=O) groups is 1. The van der Waals surface area contributed by atoms with Crippen LogP contribution in [0.4, 0.5) is 0 Å². The van der Waals surface area contributed by atoms with E-state index in [0.717, 1.165) is 5.92 Å². The van der Waals surface area contributed by atoms with Crippen LogP contribution in [-0.4, -0.2) is 12.5 Å². The van der Waals surface area contributed by atoms with Crippen LogP contribution in [0.5, 0.6) is 5.75 Å². The predicted molar refractivity (Wildman–Crippen MR) is 85.7 cm³/mol. The Morgan fingerprint density at radius 2 is 1.95 bits per heavy atom. The van der Waals surface area contributed by atoms with Gasteiger partial charge in [-0.2, -0.15) is 0 Å². The summed E-state index contributed by atoms with van der Waals surface area (Å²) in [5.41, 5.74) is 7.24. The van der Waals surface area contributed by atoms with Gasteiger partial charge in [0, 0.05) is 0 Å². The quantitative estimate of drug-likeness (QED) is 0.850. The molecule has 0 saturated heterocycles. The third-order valence-electron chi connectivity index (χ3n) is 4.58. The summed E-state index contributed by atoms with van der Waals surface area (Å²) in [5, 5.41) is 0. The van der Waals surface area contributed by atoms with E-state index < -0.39 is 5.91 Å². The summed E-state index contributed by atoms with van der Waals surface area (Å²) in [7, 11) is 0. The summed E-state index contributed by atoms with van der Waals surface area (Å²) >= 11 is 0. The maximum Gasteiger partial charge on any atom is 0.252 e. The van der Waals surface area contributed by atoms with E-state index >= 15 is 0 Å². The highest BCUT2D eigenvalue weighted by Crippen LogP contribution is 2.38. The molecule has 0 atom stereocenters. The van der Waals surface area contributed by atoms with Gasteiger partial charge < -0.3 is 10.5 Å². The lowest BCUT2D eigenvalue weighted by molar-refractivity contribution is 0.0996. The Hall–Kier alpha value is -1.51. The zero-order chi connectivity index (χ0) is 15.2. The number of nitrogens with two attached hydrogens (primary N) is 1. The van der Waals surface area contributed by atoms with Crippen LogP contribution in [0.1, 0.15) is 74.2 Å². The number of hydrogen-bond acceptors (Lipinski definition) is 2. The number of amides is 1. The number of primary amides is 1. The molecule has 21 heavy (non-hydrogen) atoms. The van der Waals surface area contributed by atoms with E-state index in [-0.39, 0.29) is 0 Å². The summed E-state index contributed by atoms with van der Waals surface area (Å²) in [5.74, 6) is 1.66. The van der Waals surface area contributed by atoms with Gasteiger partial charge in [0.15, 0.2) is 0 Å². The van der Waals surface area contributed by atoms with Gasteiger partial charge >= 0.3 is 0 Å². The average Bonchev–Trinajstić information content (AvgIpc) is 2.49. The molecular formula is C18H27NO2. The lowest BCUT2D eigenvalue weighted by Gasteiger charge is -2.29. The molecule has 2 rings (SSSR count). The molecule has 1 aromatic rings. The Labute approximate surface area is 127 Å². The number of hydrogen-bond donors (Lipinski definition) is 1. The molecule has 0 unspecified atom stereocenters. The SMILES string of the molecule is CCCC1CCC(c2ccc(OCC)c(C(N)=O)c2)CC1. The fourth-order valence-corrected chi connectivity index (χ4v) is 3.47. The molecule has 0 aromatic heterocycles. The van der Waals surface area contributed by atoms with Crippen molar-refractivity contribution < 1.29 is 9.53 Å². The standard InChI is InChI=1S/C18H27NO2/c1-3-5-13-6-8-14(9-7-13)15-10-11-17(21-4-2)16(12-15)18(19)20/h10-14H,3-9H2,1-2H3,(H2,19,20). The van der Waals surface area contributed by atoms with Crippen LogP contribution in [0.25, 0.3) is 0 Å². The zero-order valence-corrected chi connectivity index (χ0v) is 13.2. The molecule has 1 aliphatic carbocycles. The average molecular weight is 289 g/mol. The van der Waals surface area contributed by atoms with Gasteiger partial charge in [0.1, 0.15) is 5.75 Å². The van der Waals surface area contributed by atoms with Gasteiger partial charge in [0.25, 0.3) is 5.91 Å². The molecule has 0 aliphatic heterocycles. The van der Waals surface area contributed by atoms with Gasteiger partial charge in [0.05, 0.1) is 12.2 Å². The van der Waals surface area contributed by atoms with Crippen molar-refractivity contribution in [2.24, 2.45) is 11.7 Å². The Morgan fingerprint density at radius 3 is 2.52 bits per heavy atom. The van der Waals surface area contributed by atoms with Crippen molar-refractivity contribution in [3.05, 3.63) is 29.3 Å². The van der Waals surface area contributed by atoms with Gasteiger partial charge in [-0.15, -0.1) is 0 Å². The van der Waals surface area contributed by atoms with Crippen LogP contribution in [0.15, 0.2) is 18.2 Å². The third-order valence-corrected chi connectivity index (χ3v) is 4.58. The first kappa shape index (κ1) is 15.9. The van der Waals surface area contributed by atoms with Crippen LogP contribution >= 0.6 is 0 Å². The van der Waals surface area contributed by atoms with E-state index in [1.807, 2.05) is 19.1 Å². The lowest BCUT2D eigenvalue weighted by Crippen LogP contribution is -2.16. The Bertz CT molecular complexity index is 476. The molecule has 1 aromatic carbocycles. The topological polar surface area (TPSA) is 52.3 Å². The predicted octanol–water partition coefficient (Wildman–Crippen LogP) is 4.26. The zero-order valence-electron chi connectivity index (χ0n) is 13.2. The highest BCUT2D eigenvalue weighted by molar-refractivity contribution is 5.95. The second-order valence-corrected chi connectivity index (χ2v) is 6.06. The van der Waals surface area contributed by atoms with E-state index in [9.17, 15) is 4.79 Å². The fraction of sp³-hybridized carbons (Fsp3) is 0.611. The highest BCUT2D eigenvalue weighted by atomic mass is 16.5. The molecule has 3 heteroatoms. The van der Waals surface area contributed by atoms with Gasteiger partial charge in [-0.1, -0.05) is 25.8 Å². The molecule has 1 aliphatic rings. The van der Waals surface area contributed by atoms with Crippen molar-refractivity contribution in [2.45, 2.75) is 58.3 Å². The molecule has 3 nitrogen and oxygen atoms in total. The minimum Gasteiger partial charge on any atom is -0.493 e. The van der Waals surface area contributed by atoms with Crippen LogP contribution in [0, 0.1) is 5.92 Å². The Morgan fingerprint density at radius 1 is 1.24 bits per heavy atom. The summed E-state index contributed by atoms with van der Waals surface area (Å²) in [6, 6.07) is 5.94. The largest absolute Gasteiger partial charge is 0.493 e. The second kappa shape index (κ2) is 7.48. The summed E-state index contributed by atoms with van der Waals surface area (Å²) in [6.45, 7) is 4.72. The molecule has 1 saturated carbocycles. The number of carbonyl (C=O) groups excluding carboxylic acids is 1. The smallest absolute Gasteiger partial charge is 0.252 e. The molecule has 0 spiro atoms. The van der Waals surface area contributed by atoms with Crippen LogP contribution in [-0.2, 0) is 0 Å². The first-order valence-electron chi connectivity index (χ1n) is 8.22. The van der Waals surface area contributed by atoms with Crippen molar-refractivity contribution in [1.82, 2.24) is 0 Å². The summed E-state index contributed by atoms with van der Waals surface area (Å²) < 4.78 is 5.49. The van der Waals surface area contributed by atoms with Gasteiger partial charge in [0.2, 0.25) is 0 Å². The van der Waals surface area contributed by atoms with E-state index in [4.69, 9.17) is 10.5 Å². The normalized spacial score (nSPS) is 22.0. The summed E-state index contributed by atoms with van der Waals surface area (Å²) in [4.78, 5) is 11.6. The van der Waals surface area contributed by atoms with E-state index in [2.05, 4.69) is 13.0 Å². The summed E-state index contributed by atoms with van der Waals surface area (Å²) in [6.07, 6.45) is 7.68. The number of rotatable bonds is 6. The number of benzene rings is 1. The van der Waals surface area contributed by atoms with E-state index in [1.54, 1.807) is 0 Å². The van der Waals surface area contributed by atoms with Crippen LogP contribution < -0.4 is 10.5 Å². The van der Waals surface area contributed by atoms with Gasteiger partial charge in [-0.05, 0) is 62.1 Å². The van der Waals surface area contributed by atoms with Gasteiger partial charge in [-0.25, -0.2) is 0 Å². The Balaban J connectivity index is 2.10. The maximum absolute atomic E-state index is 11.6. The van der Waals surface area contributed by atoms with Crippen molar-refractivity contribution in [1.29, 1.82) is 0 Å². The van der Waals surface area contributed by atoms with Crippen LogP contribution in [0.3, 0.4) is 0 Å². The van der Waals surface area contributed by atoms with Crippen LogP contribution in [0.2, 0.25) is 0 Å². The van der Waals surface area contributed by atoms with Crippen molar-refractivity contribution in [3.8, 4) is 5.75 Å². The molecule has 1 fully saturated rings. The van der Waals surface area contributed by atoms with Crippen molar-refractivity contribution in [2.75, 3.05) is 6.61 Å². The molecule has 0 radical (unpaired) electrons. The highest BCUT2D eigenvalue weighted by Gasteiger charge is 2.23. The Kier molecular flexibility index (Phi) is 5.66. The monoisotopic (exact) mass is 289 g/mol. The number of ether oxygens (including phenoxy) is 1. The molecule has 2 N–H and O–H groups in total. The first-order valence-corrected chi connectivity index (χ1v) is 8.22. The molecule has 0 heterocycles. The molecular weight excluding hydrogens is 262 g/mol. The fourth-order valence-electron chi connectivity index (χ4n) is 3.47. The minimum absolute atomic E-state index is 0.403. The molecule has 116 valence electrons. The first-order chi connectivity index (χ1) is 10.2. The van der Waals surface area contributed by atoms with Gasteiger partial charge in [-0.3, -0.25) is 4.79 Å². The lowest BCUT2D eigenvalue weighted by atomic mass is 9.77. The maximum atomic E-state index is 11.6. The third kappa shape index (κ3) is 3.99. The van der Waals surface area contributed by atoms with E-state index in [1.165, 1.54) is 44.1 Å².